The Morgan fingerprint density at radius 1 is 1.38 bits per heavy atom. The molecular weight excluding hydrogens is 202 g/mol. The Hall–Kier alpha value is -1.64. The van der Waals surface area contributed by atoms with E-state index in [2.05, 4.69) is 5.32 Å². The summed E-state index contributed by atoms with van der Waals surface area (Å²) in [4.78, 5) is 21.9. The van der Waals surface area contributed by atoms with Crippen molar-refractivity contribution in [2.24, 2.45) is 0 Å². The van der Waals surface area contributed by atoms with Crippen LogP contribution in [0.5, 0.6) is 0 Å². The second-order valence-corrected chi connectivity index (χ2v) is 4.14. The van der Waals surface area contributed by atoms with E-state index >= 15 is 0 Å². The number of hydrogen-bond acceptors (Lipinski definition) is 2. The van der Waals surface area contributed by atoms with E-state index in [1.165, 1.54) is 12.5 Å². The molecule has 86 valence electrons. The summed E-state index contributed by atoms with van der Waals surface area (Å²) in [5.41, 5.74) is 0.417. The third-order valence-corrected chi connectivity index (χ3v) is 2.91. The number of nitrogens with one attached hydrogen (secondary N) is 1. The molecule has 1 N–H and O–H groups in total. The van der Waals surface area contributed by atoms with Crippen molar-refractivity contribution in [2.75, 3.05) is 0 Å². The summed E-state index contributed by atoms with van der Waals surface area (Å²) in [6.45, 7) is 3.26. The van der Waals surface area contributed by atoms with Crippen LogP contribution < -0.4 is 5.32 Å². The molecule has 1 aromatic carbocycles. The molecule has 1 atom stereocenters. The van der Waals surface area contributed by atoms with Crippen molar-refractivity contribution >= 4 is 12.2 Å². The fraction of sp³-hybridized carbons (Fsp3) is 0.385. The first-order chi connectivity index (χ1) is 7.58. The standard InChI is InChI=1S/C13H17NO2/c1-11(16)13(2,14-10-15)9-8-12-6-4-3-5-7-12/h3-7,10H,8-9H2,1-2H3,(H,14,15). The molecule has 0 radical (unpaired) electrons. The molecule has 3 nitrogen and oxygen atoms in total. The lowest BCUT2D eigenvalue weighted by Gasteiger charge is -2.25. The molecule has 0 heterocycles. The third kappa shape index (κ3) is 3.19. The van der Waals surface area contributed by atoms with Crippen molar-refractivity contribution in [1.82, 2.24) is 5.32 Å². The van der Waals surface area contributed by atoms with Crippen LogP contribution in [0, 0.1) is 0 Å². The predicted octanol–water partition coefficient (Wildman–Crippen LogP) is 1.71. The molecule has 1 amide bonds. The first-order valence-corrected chi connectivity index (χ1v) is 5.35. The van der Waals surface area contributed by atoms with Gasteiger partial charge in [-0.05, 0) is 32.3 Å². The normalized spacial score (nSPS) is 13.9. The van der Waals surface area contributed by atoms with E-state index in [1.807, 2.05) is 30.3 Å². The topological polar surface area (TPSA) is 46.2 Å². The van der Waals surface area contributed by atoms with Crippen LogP contribution in [0.2, 0.25) is 0 Å². The molecule has 0 fully saturated rings. The Balaban J connectivity index is 2.64. The molecule has 0 aromatic heterocycles. The summed E-state index contributed by atoms with van der Waals surface area (Å²) in [5.74, 6) is -0.0180. The van der Waals surface area contributed by atoms with Gasteiger partial charge in [0.15, 0.2) is 5.78 Å². The first kappa shape index (κ1) is 12.4. The highest BCUT2D eigenvalue weighted by Crippen LogP contribution is 2.14. The van der Waals surface area contributed by atoms with Crippen LogP contribution in [0.4, 0.5) is 0 Å². The number of hydrogen-bond donors (Lipinski definition) is 1. The monoisotopic (exact) mass is 219 g/mol. The fourth-order valence-electron chi connectivity index (χ4n) is 1.52. The van der Waals surface area contributed by atoms with Gasteiger partial charge in [0.25, 0.3) is 0 Å². The quantitative estimate of drug-likeness (QED) is 0.740. The van der Waals surface area contributed by atoms with Gasteiger partial charge in [-0.25, -0.2) is 0 Å². The van der Waals surface area contributed by atoms with Crippen LogP contribution in [-0.2, 0) is 16.0 Å². The molecule has 0 aliphatic heterocycles. The van der Waals surface area contributed by atoms with Crippen molar-refractivity contribution in [2.45, 2.75) is 32.2 Å². The van der Waals surface area contributed by atoms with Crippen LogP contribution in [0.25, 0.3) is 0 Å². The highest BCUT2D eigenvalue weighted by molar-refractivity contribution is 5.87. The van der Waals surface area contributed by atoms with Crippen molar-refractivity contribution in [1.29, 1.82) is 0 Å². The summed E-state index contributed by atoms with van der Waals surface area (Å²) in [7, 11) is 0. The zero-order valence-corrected chi connectivity index (χ0v) is 9.69. The van der Waals surface area contributed by atoms with Crippen LogP contribution in [0.1, 0.15) is 25.8 Å². The Bertz CT molecular complexity index is 361. The SMILES string of the molecule is CC(=O)C(C)(CCc1ccccc1)NC=O. The minimum absolute atomic E-state index is 0.0180. The zero-order chi connectivity index (χ0) is 12.0. The molecule has 0 spiro atoms. The average molecular weight is 219 g/mol. The van der Waals surface area contributed by atoms with Gasteiger partial charge in [-0.2, -0.15) is 0 Å². The molecule has 0 saturated carbocycles. The Morgan fingerprint density at radius 2 is 2.00 bits per heavy atom. The van der Waals surface area contributed by atoms with Crippen LogP contribution in [-0.4, -0.2) is 17.7 Å². The number of carbonyl (C=O) groups excluding carboxylic acids is 2. The van der Waals surface area contributed by atoms with E-state index in [0.717, 1.165) is 6.42 Å². The second-order valence-electron chi connectivity index (χ2n) is 4.14. The van der Waals surface area contributed by atoms with Gasteiger partial charge in [0, 0.05) is 0 Å². The smallest absolute Gasteiger partial charge is 0.207 e. The number of aryl methyl sites for hydroxylation is 1. The largest absolute Gasteiger partial charge is 0.346 e. The fourth-order valence-corrected chi connectivity index (χ4v) is 1.52. The van der Waals surface area contributed by atoms with Crippen molar-refractivity contribution in [3.05, 3.63) is 35.9 Å². The maximum absolute atomic E-state index is 11.5. The van der Waals surface area contributed by atoms with Crippen LogP contribution in [0.3, 0.4) is 0 Å². The molecule has 3 heteroatoms. The van der Waals surface area contributed by atoms with Gasteiger partial charge in [-0.15, -0.1) is 0 Å². The van der Waals surface area contributed by atoms with E-state index in [1.54, 1.807) is 6.92 Å². The van der Waals surface area contributed by atoms with Gasteiger partial charge in [0.1, 0.15) is 0 Å². The summed E-state index contributed by atoms with van der Waals surface area (Å²) in [6, 6.07) is 9.92. The number of carbonyl (C=O) groups is 2. The summed E-state index contributed by atoms with van der Waals surface area (Å²) in [6.07, 6.45) is 1.98. The summed E-state index contributed by atoms with van der Waals surface area (Å²) >= 11 is 0. The van der Waals surface area contributed by atoms with Gasteiger partial charge in [-0.1, -0.05) is 30.3 Å². The number of Topliss-reactive ketones (excluding diaryl/α,β-unsaturated/α-hetero) is 1. The number of amides is 1. The Morgan fingerprint density at radius 3 is 2.50 bits per heavy atom. The minimum atomic E-state index is -0.752. The third-order valence-electron chi connectivity index (χ3n) is 2.91. The van der Waals surface area contributed by atoms with Crippen molar-refractivity contribution < 1.29 is 9.59 Å². The Labute approximate surface area is 95.9 Å². The summed E-state index contributed by atoms with van der Waals surface area (Å²) < 4.78 is 0. The molecule has 1 aromatic rings. The van der Waals surface area contributed by atoms with Gasteiger partial charge in [-0.3, -0.25) is 9.59 Å². The van der Waals surface area contributed by atoms with Gasteiger partial charge >= 0.3 is 0 Å². The maximum Gasteiger partial charge on any atom is 0.207 e. The van der Waals surface area contributed by atoms with Gasteiger partial charge in [0.05, 0.1) is 5.54 Å². The van der Waals surface area contributed by atoms with E-state index in [9.17, 15) is 9.59 Å². The lowest BCUT2D eigenvalue weighted by Crippen LogP contribution is -2.48. The van der Waals surface area contributed by atoms with E-state index in [0.29, 0.717) is 12.8 Å². The lowest BCUT2D eigenvalue weighted by atomic mass is 9.90. The highest BCUT2D eigenvalue weighted by Gasteiger charge is 2.28. The number of ketones is 1. The number of rotatable bonds is 6. The number of benzene rings is 1. The molecular formula is C13H17NO2. The zero-order valence-electron chi connectivity index (χ0n) is 9.69. The molecule has 0 bridgehead atoms. The van der Waals surface area contributed by atoms with Crippen molar-refractivity contribution in [3.8, 4) is 0 Å². The highest BCUT2D eigenvalue weighted by atomic mass is 16.1. The minimum Gasteiger partial charge on any atom is -0.346 e. The molecule has 1 unspecified atom stereocenters. The van der Waals surface area contributed by atoms with E-state index < -0.39 is 5.54 Å². The second kappa shape index (κ2) is 5.45. The predicted molar refractivity (Wildman–Crippen MR) is 63.0 cm³/mol. The van der Waals surface area contributed by atoms with E-state index in [-0.39, 0.29) is 5.78 Å². The van der Waals surface area contributed by atoms with Crippen LogP contribution >= 0.6 is 0 Å². The Kier molecular flexibility index (Phi) is 4.23. The van der Waals surface area contributed by atoms with Crippen molar-refractivity contribution in [3.63, 3.8) is 0 Å². The van der Waals surface area contributed by atoms with Gasteiger partial charge in [0.2, 0.25) is 6.41 Å². The first-order valence-electron chi connectivity index (χ1n) is 5.35. The van der Waals surface area contributed by atoms with Crippen LogP contribution in [0.15, 0.2) is 30.3 Å². The maximum atomic E-state index is 11.5. The lowest BCUT2D eigenvalue weighted by molar-refractivity contribution is -0.126. The van der Waals surface area contributed by atoms with E-state index in [4.69, 9.17) is 0 Å². The average Bonchev–Trinajstić information content (AvgIpc) is 2.28. The molecule has 1 rings (SSSR count). The molecule has 0 aliphatic carbocycles. The molecule has 0 aliphatic rings. The summed E-state index contributed by atoms with van der Waals surface area (Å²) in [5, 5.41) is 2.60. The molecule has 0 saturated heterocycles. The molecule has 16 heavy (non-hydrogen) atoms. The van der Waals surface area contributed by atoms with Gasteiger partial charge < -0.3 is 5.32 Å².